The molecule has 0 saturated heterocycles. The second kappa shape index (κ2) is 10.8. The third-order valence-corrected chi connectivity index (χ3v) is 6.44. The van der Waals surface area contributed by atoms with Gasteiger partial charge in [0, 0.05) is 11.1 Å². The largest absolute Gasteiger partial charge is 0.488 e. The Hall–Kier alpha value is -4.31. The first-order valence-electron chi connectivity index (χ1n) is 11.6. The zero-order chi connectivity index (χ0) is 27.6. The Morgan fingerprint density at radius 3 is 2.49 bits per heavy atom. The fraction of sp³-hybridized carbons (Fsp3) is 0.0690. The third kappa shape index (κ3) is 5.75. The lowest BCUT2D eigenvalue weighted by molar-refractivity contribution is -0.137. The molecule has 4 aromatic carbocycles. The number of hydrogen-bond donors (Lipinski definition) is 0. The molecule has 0 aliphatic rings. The molecule has 0 unspecified atom stereocenters. The SMILES string of the molecule is O=c1c2ccccc2nc(-c2cccc(C(F)(F)F)c2)n1N=Cc1ccc(OCc2ccccc2F)c(Br)c1. The van der Waals surface area contributed by atoms with Crippen LogP contribution in [0.3, 0.4) is 0 Å². The number of ether oxygens (including phenoxy) is 1. The first-order chi connectivity index (χ1) is 18.7. The first-order valence-corrected chi connectivity index (χ1v) is 12.4. The molecule has 0 N–H and O–H groups in total. The number of fused-ring (bicyclic) bond motifs is 1. The lowest BCUT2D eigenvalue weighted by atomic mass is 10.1. The average molecular weight is 596 g/mol. The lowest BCUT2D eigenvalue weighted by Crippen LogP contribution is -2.20. The van der Waals surface area contributed by atoms with Gasteiger partial charge in [-0.1, -0.05) is 42.5 Å². The van der Waals surface area contributed by atoms with Gasteiger partial charge in [0.25, 0.3) is 5.56 Å². The summed E-state index contributed by atoms with van der Waals surface area (Å²) in [7, 11) is 0. The Kier molecular flexibility index (Phi) is 7.30. The van der Waals surface area contributed by atoms with Gasteiger partial charge in [-0.2, -0.15) is 22.9 Å². The first kappa shape index (κ1) is 26.3. The van der Waals surface area contributed by atoms with Crippen molar-refractivity contribution in [2.75, 3.05) is 0 Å². The van der Waals surface area contributed by atoms with Crippen LogP contribution >= 0.6 is 15.9 Å². The molecule has 1 aromatic heterocycles. The van der Waals surface area contributed by atoms with Crippen LogP contribution in [0.1, 0.15) is 16.7 Å². The Balaban J connectivity index is 1.50. The molecule has 10 heteroatoms. The second-order valence-electron chi connectivity index (χ2n) is 8.46. The van der Waals surface area contributed by atoms with Crippen LogP contribution in [0.5, 0.6) is 5.75 Å². The fourth-order valence-corrected chi connectivity index (χ4v) is 4.37. The van der Waals surface area contributed by atoms with Crippen LogP contribution in [0.25, 0.3) is 22.3 Å². The Morgan fingerprint density at radius 2 is 1.72 bits per heavy atom. The Morgan fingerprint density at radius 1 is 0.949 bits per heavy atom. The van der Waals surface area contributed by atoms with Crippen molar-refractivity contribution in [3.8, 4) is 17.1 Å². The molecule has 0 spiro atoms. The molecule has 0 saturated carbocycles. The summed E-state index contributed by atoms with van der Waals surface area (Å²) in [5, 5.41) is 4.56. The van der Waals surface area contributed by atoms with Crippen molar-refractivity contribution in [2.45, 2.75) is 12.8 Å². The van der Waals surface area contributed by atoms with E-state index < -0.39 is 17.3 Å². The van der Waals surface area contributed by atoms with Gasteiger partial charge >= 0.3 is 6.18 Å². The molecule has 0 aliphatic carbocycles. The molecule has 39 heavy (non-hydrogen) atoms. The summed E-state index contributed by atoms with van der Waals surface area (Å²) in [5.41, 5.74) is -0.0140. The maximum absolute atomic E-state index is 13.9. The van der Waals surface area contributed by atoms with Gasteiger partial charge in [-0.05, 0) is 70.0 Å². The number of benzene rings is 4. The summed E-state index contributed by atoms with van der Waals surface area (Å²) in [5.74, 6) is 0.0536. The molecule has 5 aromatic rings. The smallest absolute Gasteiger partial charge is 0.416 e. The quantitative estimate of drug-likeness (QED) is 0.151. The molecule has 0 atom stereocenters. The van der Waals surface area contributed by atoms with Gasteiger partial charge < -0.3 is 4.74 Å². The lowest BCUT2D eigenvalue weighted by Gasteiger charge is -2.12. The van der Waals surface area contributed by atoms with Crippen molar-refractivity contribution in [2.24, 2.45) is 5.10 Å². The van der Waals surface area contributed by atoms with Gasteiger partial charge in [0.1, 0.15) is 18.2 Å². The Bertz CT molecular complexity index is 1770. The van der Waals surface area contributed by atoms with E-state index in [2.05, 4.69) is 26.0 Å². The van der Waals surface area contributed by atoms with Crippen molar-refractivity contribution < 1.29 is 22.3 Å². The molecule has 0 bridgehead atoms. The maximum atomic E-state index is 13.9. The van der Waals surface area contributed by atoms with Gasteiger partial charge in [0.15, 0.2) is 5.82 Å². The highest BCUT2D eigenvalue weighted by molar-refractivity contribution is 9.10. The van der Waals surface area contributed by atoms with Gasteiger partial charge in [0.2, 0.25) is 0 Å². The molecule has 196 valence electrons. The number of alkyl halides is 3. The van der Waals surface area contributed by atoms with Crippen LogP contribution in [-0.2, 0) is 12.8 Å². The van der Waals surface area contributed by atoms with Gasteiger partial charge in [0.05, 0.1) is 27.2 Å². The number of aromatic nitrogens is 2. The predicted octanol–water partition coefficient (Wildman–Crippen LogP) is 7.45. The van der Waals surface area contributed by atoms with E-state index in [-0.39, 0.29) is 29.2 Å². The summed E-state index contributed by atoms with van der Waals surface area (Å²) in [4.78, 5) is 17.8. The minimum absolute atomic E-state index is 0.0250. The standard InChI is InChI=1S/C29H18BrF4N3O2/c30-23-14-18(12-13-26(23)39-17-20-6-1-3-10-24(20)31)16-35-37-27(19-7-5-8-21(15-19)29(32,33)34)36-25-11-4-2-9-22(25)28(37)38/h1-16H,17H2. The minimum Gasteiger partial charge on any atom is -0.488 e. The van der Waals surface area contributed by atoms with E-state index in [1.165, 1.54) is 24.4 Å². The highest BCUT2D eigenvalue weighted by atomic mass is 79.9. The van der Waals surface area contributed by atoms with Gasteiger partial charge in [-0.3, -0.25) is 4.79 Å². The number of hydrogen-bond acceptors (Lipinski definition) is 4. The zero-order valence-electron chi connectivity index (χ0n) is 20.0. The fourth-order valence-electron chi connectivity index (χ4n) is 3.86. The molecule has 0 fully saturated rings. The maximum Gasteiger partial charge on any atom is 0.416 e. The van der Waals surface area contributed by atoms with Crippen LogP contribution in [-0.4, -0.2) is 15.9 Å². The monoisotopic (exact) mass is 595 g/mol. The van der Waals surface area contributed by atoms with E-state index in [0.717, 1.165) is 16.8 Å². The molecule has 5 nitrogen and oxygen atoms in total. The normalized spacial score (nSPS) is 11.8. The summed E-state index contributed by atoms with van der Waals surface area (Å²) < 4.78 is 61.3. The van der Waals surface area contributed by atoms with Crippen LogP contribution in [0, 0.1) is 5.82 Å². The average Bonchev–Trinajstić information content (AvgIpc) is 2.92. The number of halogens is 5. The molecule has 1 heterocycles. The van der Waals surface area contributed by atoms with Crippen LogP contribution in [0.15, 0.2) is 105 Å². The highest BCUT2D eigenvalue weighted by Crippen LogP contribution is 2.32. The van der Waals surface area contributed by atoms with Crippen LogP contribution < -0.4 is 10.3 Å². The molecule has 0 amide bonds. The van der Waals surface area contributed by atoms with Crippen molar-refractivity contribution in [3.63, 3.8) is 0 Å². The van der Waals surface area contributed by atoms with E-state index in [1.807, 2.05) is 0 Å². The van der Waals surface area contributed by atoms with E-state index in [0.29, 0.717) is 26.9 Å². The second-order valence-corrected chi connectivity index (χ2v) is 9.32. The van der Waals surface area contributed by atoms with E-state index in [9.17, 15) is 22.4 Å². The zero-order valence-corrected chi connectivity index (χ0v) is 21.6. The van der Waals surface area contributed by atoms with Crippen molar-refractivity contribution in [3.05, 3.63) is 128 Å². The van der Waals surface area contributed by atoms with E-state index in [4.69, 9.17) is 4.74 Å². The molecular formula is C29H18BrF4N3O2. The summed E-state index contributed by atoms with van der Waals surface area (Å²) >= 11 is 3.42. The number of para-hydroxylation sites is 1. The van der Waals surface area contributed by atoms with Gasteiger partial charge in [-0.25, -0.2) is 9.37 Å². The summed E-state index contributed by atoms with van der Waals surface area (Å²) in [6, 6.07) is 22.4. The van der Waals surface area contributed by atoms with Crippen LogP contribution in [0.2, 0.25) is 0 Å². The highest BCUT2D eigenvalue weighted by Gasteiger charge is 2.31. The Labute approximate surface area is 228 Å². The summed E-state index contributed by atoms with van der Waals surface area (Å²) in [6.07, 6.45) is -3.18. The van der Waals surface area contributed by atoms with Crippen molar-refractivity contribution in [1.82, 2.24) is 9.66 Å². The molecular weight excluding hydrogens is 578 g/mol. The number of nitrogens with zero attached hydrogens (tertiary/aromatic N) is 3. The van der Waals surface area contributed by atoms with Crippen LogP contribution in [0.4, 0.5) is 17.6 Å². The van der Waals surface area contributed by atoms with Gasteiger partial charge in [-0.15, -0.1) is 0 Å². The molecule has 0 aliphatic heterocycles. The third-order valence-electron chi connectivity index (χ3n) is 5.82. The van der Waals surface area contributed by atoms with Crippen molar-refractivity contribution >= 4 is 33.0 Å². The van der Waals surface area contributed by atoms with E-state index >= 15 is 0 Å². The summed E-state index contributed by atoms with van der Waals surface area (Å²) in [6.45, 7) is 0.0250. The molecule has 0 radical (unpaired) electrons. The van der Waals surface area contributed by atoms with Crippen molar-refractivity contribution in [1.29, 1.82) is 0 Å². The topological polar surface area (TPSA) is 56.5 Å². The van der Waals surface area contributed by atoms with E-state index in [1.54, 1.807) is 60.7 Å². The predicted molar refractivity (Wildman–Crippen MR) is 144 cm³/mol. The minimum atomic E-state index is -4.57. The number of rotatable bonds is 6. The molecule has 5 rings (SSSR count).